The van der Waals surface area contributed by atoms with Gasteiger partial charge in [0.25, 0.3) is 0 Å². The van der Waals surface area contributed by atoms with Gasteiger partial charge in [0, 0.05) is 0 Å². The third-order valence-electron chi connectivity index (χ3n) is 1.48. The fourth-order valence-corrected chi connectivity index (χ4v) is 0.984. The van der Waals surface area contributed by atoms with Crippen molar-refractivity contribution in [3.05, 3.63) is 29.6 Å². The standard InChI is InChI=1S/C10H8ClFO/c1-13-10-6-2-5-9(12)8(10)4-3-7-11/h2,5-6H,7H2,1H3. The number of ether oxygens (including phenoxy) is 1. The summed E-state index contributed by atoms with van der Waals surface area (Å²) in [5, 5.41) is 0. The summed E-state index contributed by atoms with van der Waals surface area (Å²) in [5.74, 6) is 5.39. The highest BCUT2D eigenvalue weighted by molar-refractivity contribution is 6.19. The Balaban J connectivity index is 3.15. The number of rotatable bonds is 1. The van der Waals surface area contributed by atoms with Gasteiger partial charge in [0.1, 0.15) is 17.1 Å². The van der Waals surface area contributed by atoms with Crippen LogP contribution in [0.2, 0.25) is 0 Å². The second kappa shape index (κ2) is 4.74. The third-order valence-corrected chi connectivity index (χ3v) is 1.61. The Morgan fingerprint density at radius 3 is 2.92 bits per heavy atom. The molecule has 0 spiro atoms. The Hall–Kier alpha value is -1.20. The number of hydrogen-bond acceptors (Lipinski definition) is 1. The first-order valence-corrected chi connectivity index (χ1v) is 4.20. The zero-order valence-electron chi connectivity index (χ0n) is 7.10. The van der Waals surface area contributed by atoms with Gasteiger partial charge in [0.15, 0.2) is 0 Å². The molecule has 0 aliphatic rings. The van der Waals surface area contributed by atoms with E-state index in [1.54, 1.807) is 12.1 Å². The summed E-state index contributed by atoms with van der Waals surface area (Å²) in [4.78, 5) is 0. The summed E-state index contributed by atoms with van der Waals surface area (Å²) >= 11 is 5.36. The number of hydrogen-bond donors (Lipinski definition) is 0. The van der Waals surface area contributed by atoms with E-state index in [9.17, 15) is 4.39 Å². The summed E-state index contributed by atoms with van der Waals surface area (Å²) < 4.78 is 18.1. The fourth-order valence-electron chi connectivity index (χ4n) is 0.918. The van der Waals surface area contributed by atoms with E-state index in [2.05, 4.69) is 11.8 Å². The largest absolute Gasteiger partial charge is 0.495 e. The minimum absolute atomic E-state index is 0.178. The van der Waals surface area contributed by atoms with Crippen LogP contribution >= 0.6 is 11.6 Å². The van der Waals surface area contributed by atoms with Gasteiger partial charge in [-0.15, -0.1) is 11.6 Å². The van der Waals surface area contributed by atoms with Gasteiger partial charge in [-0.2, -0.15) is 0 Å². The minimum atomic E-state index is -0.392. The van der Waals surface area contributed by atoms with Crippen LogP contribution in [0.15, 0.2) is 18.2 Å². The van der Waals surface area contributed by atoms with Gasteiger partial charge in [0.2, 0.25) is 0 Å². The molecule has 68 valence electrons. The molecule has 0 unspecified atom stereocenters. The van der Waals surface area contributed by atoms with Crippen molar-refractivity contribution in [3.63, 3.8) is 0 Å². The normalized spacial score (nSPS) is 8.85. The topological polar surface area (TPSA) is 9.23 Å². The van der Waals surface area contributed by atoms with Crippen molar-refractivity contribution in [3.8, 4) is 17.6 Å². The predicted octanol–water partition coefficient (Wildman–Crippen LogP) is 2.42. The zero-order chi connectivity index (χ0) is 9.68. The number of halogens is 2. The molecule has 0 atom stereocenters. The molecule has 0 aliphatic carbocycles. The van der Waals surface area contributed by atoms with Gasteiger partial charge < -0.3 is 4.74 Å². The summed E-state index contributed by atoms with van der Waals surface area (Å²) in [5.41, 5.74) is 0.255. The van der Waals surface area contributed by atoms with Crippen LogP contribution in [-0.2, 0) is 0 Å². The second-order valence-corrected chi connectivity index (χ2v) is 2.52. The molecule has 1 nitrogen and oxygen atoms in total. The maximum atomic E-state index is 13.1. The lowest BCUT2D eigenvalue weighted by Gasteiger charge is -2.02. The first kappa shape index (κ1) is 9.88. The monoisotopic (exact) mass is 198 g/mol. The second-order valence-electron chi connectivity index (χ2n) is 2.25. The quantitative estimate of drug-likeness (QED) is 0.498. The molecule has 0 aromatic heterocycles. The first-order chi connectivity index (χ1) is 6.29. The van der Waals surface area contributed by atoms with Crippen molar-refractivity contribution in [2.75, 3.05) is 13.0 Å². The highest BCUT2D eigenvalue weighted by Gasteiger charge is 2.04. The molecule has 1 aromatic rings. The van der Waals surface area contributed by atoms with Crippen LogP contribution in [0.25, 0.3) is 0 Å². The van der Waals surface area contributed by atoms with Crippen molar-refractivity contribution >= 4 is 11.6 Å². The average molecular weight is 199 g/mol. The molecule has 0 amide bonds. The molecular formula is C10H8ClFO. The van der Waals surface area contributed by atoms with E-state index in [1.807, 2.05) is 0 Å². The van der Waals surface area contributed by atoms with E-state index in [0.29, 0.717) is 5.75 Å². The summed E-state index contributed by atoms with van der Waals surface area (Å²) in [6.45, 7) is 0. The number of methoxy groups -OCH3 is 1. The minimum Gasteiger partial charge on any atom is -0.495 e. The molecule has 0 saturated carbocycles. The van der Waals surface area contributed by atoms with Crippen molar-refractivity contribution < 1.29 is 9.13 Å². The van der Waals surface area contributed by atoms with Crippen LogP contribution in [0, 0.1) is 17.7 Å². The Bertz CT molecular complexity index is 352. The maximum Gasteiger partial charge on any atom is 0.142 e. The van der Waals surface area contributed by atoms with E-state index in [1.165, 1.54) is 13.2 Å². The Kier molecular flexibility index (Phi) is 3.60. The number of alkyl halides is 1. The van der Waals surface area contributed by atoms with E-state index in [-0.39, 0.29) is 11.4 Å². The van der Waals surface area contributed by atoms with Crippen molar-refractivity contribution in [2.45, 2.75) is 0 Å². The Morgan fingerprint density at radius 2 is 2.31 bits per heavy atom. The first-order valence-electron chi connectivity index (χ1n) is 3.67. The highest BCUT2D eigenvalue weighted by Crippen LogP contribution is 2.19. The number of benzene rings is 1. The molecule has 3 heteroatoms. The summed E-state index contributed by atoms with van der Waals surface area (Å²) in [6.07, 6.45) is 0. The molecule has 13 heavy (non-hydrogen) atoms. The lowest BCUT2D eigenvalue weighted by Crippen LogP contribution is -1.91. The molecule has 0 saturated heterocycles. The fraction of sp³-hybridized carbons (Fsp3) is 0.200. The van der Waals surface area contributed by atoms with Crippen molar-refractivity contribution in [1.29, 1.82) is 0 Å². The van der Waals surface area contributed by atoms with E-state index in [4.69, 9.17) is 16.3 Å². The van der Waals surface area contributed by atoms with Crippen LogP contribution < -0.4 is 4.74 Å². The lowest BCUT2D eigenvalue weighted by molar-refractivity contribution is 0.409. The van der Waals surface area contributed by atoms with Crippen LogP contribution in [0.3, 0.4) is 0 Å². The third kappa shape index (κ3) is 2.37. The van der Waals surface area contributed by atoms with E-state index in [0.717, 1.165) is 0 Å². The predicted molar refractivity (Wildman–Crippen MR) is 50.6 cm³/mol. The Morgan fingerprint density at radius 1 is 1.54 bits per heavy atom. The van der Waals surface area contributed by atoms with E-state index >= 15 is 0 Å². The maximum absolute atomic E-state index is 13.1. The van der Waals surface area contributed by atoms with Gasteiger partial charge in [-0.1, -0.05) is 17.9 Å². The summed E-state index contributed by atoms with van der Waals surface area (Å²) in [7, 11) is 1.47. The lowest BCUT2D eigenvalue weighted by atomic mass is 10.2. The van der Waals surface area contributed by atoms with Crippen LogP contribution in [-0.4, -0.2) is 13.0 Å². The van der Waals surface area contributed by atoms with Gasteiger partial charge in [0.05, 0.1) is 13.0 Å². The molecule has 0 radical (unpaired) electrons. The molecule has 1 rings (SSSR count). The molecule has 0 aliphatic heterocycles. The highest BCUT2D eigenvalue weighted by atomic mass is 35.5. The SMILES string of the molecule is COc1cccc(F)c1C#CCCl. The van der Waals surface area contributed by atoms with Gasteiger partial charge >= 0.3 is 0 Å². The van der Waals surface area contributed by atoms with E-state index < -0.39 is 5.82 Å². The smallest absolute Gasteiger partial charge is 0.142 e. The average Bonchev–Trinajstić information content (AvgIpc) is 2.15. The molecule has 0 heterocycles. The van der Waals surface area contributed by atoms with Gasteiger partial charge in [-0.25, -0.2) is 4.39 Å². The summed E-state index contributed by atoms with van der Waals surface area (Å²) in [6, 6.07) is 4.56. The van der Waals surface area contributed by atoms with Crippen LogP contribution in [0.5, 0.6) is 5.75 Å². The zero-order valence-corrected chi connectivity index (χ0v) is 7.86. The molecule has 0 fully saturated rings. The van der Waals surface area contributed by atoms with Crippen molar-refractivity contribution in [2.24, 2.45) is 0 Å². The molecule has 0 bridgehead atoms. The van der Waals surface area contributed by atoms with Gasteiger partial charge in [-0.05, 0) is 12.1 Å². The molecule has 1 aromatic carbocycles. The Labute approximate surface area is 81.5 Å². The van der Waals surface area contributed by atoms with Crippen molar-refractivity contribution in [1.82, 2.24) is 0 Å². The van der Waals surface area contributed by atoms with Gasteiger partial charge in [-0.3, -0.25) is 0 Å². The molecule has 0 N–H and O–H groups in total. The van der Waals surface area contributed by atoms with Crippen LogP contribution in [0.4, 0.5) is 4.39 Å². The van der Waals surface area contributed by atoms with Crippen LogP contribution in [0.1, 0.15) is 5.56 Å². The molecular weight excluding hydrogens is 191 g/mol.